The van der Waals surface area contributed by atoms with Crippen LogP contribution in [0, 0.1) is 0 Å². The first-order valence-electron chi connectivity index (χ1n) is 6.05. The number of hydrogen-bond donors (Lipinski definition) is 1. The molecule has 0 aliphatic rings. The molecule has 2 N–H and O–H groups in total. The summed E-state index contributed by atoms with van der Waals surface area (Å²) in [5.74, 6) is 1.64. The lowest BCUT2D eigenvalue weighted by Gasteiger charge is -2.02. The number of methoxy groups -OCH3 is 1. The number of ether oxygens (including phenoxy) is 1. The van der Waals surface area contributed by atoms with E-state index in [0.717, 1.165) is 36.8 Å². The van der Waals surface area contributed by atoms with Crippen molar-refractivity contribution in [2.24, 2.45) is 0 Å². The average Bonchev–Trinajstić information content (AvgIpc) is 2.86. The molecule has 0 radical (unpaired) electrons. The Morgan fingerprint density at radius 3 is 2.84 bits per heavy atom. The summed E-state index contributed by atoms with van der Waals surface area (Å²) in [7, 11) is 1.69. The van der Waals surface area contributed by atoms with Gasteiger partial charge in [-0.15, -0.1) is 0 Å². The van der Waals surface area contributed by atoms with Crippen molar-refractivity contribution >= 4 is 23.2 Å². The number of rotatable bonds is 6. The van der Waals surface area contributed by atoms with Gasteiger partial charge >= 0.3 is 0 Å². The molecule has 19 heavy (non-hydrogen) atoms. The summed E-state index contributed by atoms with van der Waals surface area (Å²) < 4.78 is 10.8. The summed E-state index contributed by atoms with van der Waals surface area (Å²) in [5, 5.41) is 3.41. The Morgan fingerprint density at radius 2 is 2.05 bits per heavy atom. The zero-order chi connectivity index (χ0) is 13.7. The Labute approximate surface area is 122 Å². The van der Waals surface area contributed by atoms with E-state index in [2.05, 4.69) is 5.32 Å². The van der Waals surface area contributed by atoms with Crippen molar-refractivity contribution in [1.29, 1.82) is 0 Å². The van der Waals surface area contributed by atoms with Crippen LogP contribution < -0.4 is 5.32 Å². The van der Waals surface area contributed by atoms with Gasteiger partial charge in [-0.1, -0.05) is 23.2 Å². The molecule has 0 amide bonds. The van der Waals surface area contributed by atoms with Gasteiger partial charge in [0.15, 0.2) is 5.76 Å². The van der Waals surface area contributed by atoms with E-state index in [0.29, 0.717) is 10.0 Å². The molecule has 1 aromatic carbocycles. The lowest BCUT2D eigenvalue weighted by atomic mass is 10.2. The lowest BCUT2D eigenvalue weighted by molar-refractivity contribution is -0.673. The molecule has 102 valence electrons. The van der Waals surface area contributed by atoms with Crippen LogP contribution in [-0.4, -0.2) is 20.3 Å². The quantitative estimate of drug-likeness (QED) is 0.833. The third-order valence-corrected chi connectivity index (χ3v) is 3.29. The van der Waals surface area contributed by atoms with Gasteiger partial charge in [0, 0.05) is 17.7 Å². The Bertz CT molecular complexity index is 540. The zero-order valence-electron chi connectivity index (χ0n) is 10.7. The molecular weight excluding hydrogens is 285 g/mol. The van der Waals surface area contributed by atoms with Crippen molar-refractivity contribution in [3.8, 4) is 11.3 Å². The number of halogens is 2. The molecule has 1 aromatic heterocycles. The second-order valence-electron chi connectivity index (χ2n) is 4.16. The fraction of sp³-hybridized carbons (Fsp3) is 0.286. The van der Waals surface area contributed by atoms with Crippen LogP contribution in [0.3, 0.4) is 0 Å². The van der Waals surface area contributed by atoms with Crippen LogP contribution in [0.4, 0.5) is 0 Å². The van der Waals surface area contributed by atoms with Crippen molar-refractivity contribution in [3.63, 3.8) is 0 Å². The molecular formula is C14H16Cl2NO2+. The van der Waals surface area contributed by atoms with Gasteiger partial charge in [0.2, 0.25) is 0 Å². The predicted octanol–water partition coefficient (Wildman–Crippen LogP) is 2.96. The van der Waals surface area contributed by atoms with Crippen molar-refractivity contribution in [1.82, 2.24) is 0 Å². The summed E-state index contributed by atoms with van der Waals surface area (Å²) in [6.07, 6.45) is 0. The first kappa shape index (κ1) is 14.4. The van der Waals surface area contributed by atoms with Crippen LogP contribution in [0.2, 0.25) is 10.0 Å². The van der Waals surface area contributed by atoms with Gasteiger partial charge in [0.05, 0.1) is 18.2 Å². The third kappa shape index (κ3) is 3.98. The minimum Gasteiger partial charge on any atom is -0.455 e. The van der Waals surface area contributed by atoms with E-state index < -0.39 is 0 Å². The first-order chi connectivity index (χ1) is 9.20. The summed E-state index contributed by atoms with van der Waals surface area (Å²) in [5.41, 5.74) is 0.817. The summed E-state index contributed by atoms with van der Waals surface area (Å²) >= 11 is 12.1. The Balaban J connectivity index is 2.06. The fourth-order valence-corrected chi connectivity index (χ4v) is 2.15. The molecule has 2 rings (SSSR count). The van der Waals surface area contributed by atoms with Crippen molar-refractivity contribution < 1.29 is 14.5 Å². The van der Waals surface area contributed by atoms with Gasteiger partial charge in [-0.25, -0.2) is 0 Å². The van der Waals surface area contributed by atoms with Gasteiger partial charge in [0.1, 0.15) is 12.3 Å². The minimum absolute atomic E-state index is 0.633. The molecule has 2 aromatic rings. The molecule has 0 bridgehead atoms. The summed E-state index contributed by atoms with van der Waals surface area (Å²) in [4.78, 5) is 0. The van der Waals surface area contributed by atoms with Gasteiger partial charge in [-0.2, -0.15) is 0 Å². The van der Waals surface area contributed by atoms with Gasteiger partial charge < -0.3 is 14.5 Å². The molecule has 0 aliphatic heterocycles. The van der Waals surface area contributed by atoms with E-state index in [9.17, 15) is 0 Å². The van der Waals surface area contributed by atoms with E-state index in [4.69, 9.17) is 32.4 Å². The molecule has 0 unspecified atom stereocenters. The topological polar surface area (TPSA) is 39.0 Å². The highest BCUT2D eigenvalue weighted by Crippen LogP contribution is 2.31. The van der Waals surface area contributed by atoms with Crippen LogP contribution in [0.15, 0.2) is 34.7 Å². The smallest absolute Gasteiger partial charge is 0.158 e. The Hall–Kier alpha value is -1.00. The molecule has 0 atom stereocenters. The summed E-state index contributed by atoms with van der Waals surface area (Å²) in [6.45, 7) is 2.42. The zero-order valence-corrected chi connectivity index (χ0v) is 12.2. The Kier molecular flexibility index (Phi) is 5.28. The SMILES string of the molecule is COCC[NH2+]Cc1ccc(-c2cc(Cl)ccc2Cl)o1. The molecule has 3 nitrogen and oxygen atoms in total. The molecule has 5 heteroatoms. The molecule has 0 spiro atoms. The van der Waals surface area contributed by atoms with E-state index in [-0.39, 0.29) is 0 Å². The number of nitrogens with two attached hydrogens (primary N) is 1. The maximum Gasteiger partial charge on any atom is 0.158 e. The van der Waals surface area contributed by atoms with Crippen LogP contribution in [0.25, 0.3) is 11.3 Å². The molecule has 1 heterocycles. The van der Waals surface area contributed by atoms with Crippen LogP contribution in [0.5, 0.6) is 0 Å². The highest BCUT2D eigenvalue weighted by molar-refractivity contribution is 6.35. The maximum absolute atomic E-state index is 6.14. The van der Waals surface area contributed by atoms with E-state index in [1.807, 2.05) is 12.1 Å². The normalized spacial score (nSPS) is 10.9. The van der Waals surface area contributed by atoms with Crippen LogP contribution >= 0.6 is 23.2 Å². The first-order valence-corrected chi connectivity index (χ1v) is 6.81. The number of quaternary nitrogens is 1. The van der Waals surface area contributed by atoms with E-state index in [1.165, 1.54) is 0 Å². The summed E-state index contributed by atoms with van der Waals surface area (Å²) in [6, 6.07) is 9.20. The van der Waals surface area contributed by atoms with Gasteiger partial charge in [-0.05, 0) is 30.3 Å². The fourth-order valence-electron chi connectivity index (χ4n) is 1.76. The van der Waals surface area contributed by atoms with Crippen LogP contribution in [0.1, 0.15) is 5.76 Å². The third-order valence-electron chi connectivity index (χ3n) is 2.73. The van der Waals surface area contributed by atoms with E-state index >= 15 is 0 Å². The lowest BCUT2D eigenvalue weighted by Crippen LogP contribution is -2.83. The number of hydrogen-bond acceptors (Lipinski definition) is 2. The Morgan fingerprint density at radius 1 is 1.21 bits per heavy atom. The molecule has 0 fully saturated rings. The predicted molar refractivity (Wildman–Crippen MR) is 76.5 cm³/mol. The van der Waals surface area contributed by atoms with E-state index in [1.54, 1.807) is 25.3 Å². The van der Waals surface area contributed by atoms with Gasteiger partial charge in [0.25, 0.3) is 0 Å². The highest BCUT2D eigenvalue weighted by Gasteiger charge is 2.10. The molecule has 0 saturated heterocycles. The molecule has 0 aliphatic carbocycles. The number of benzene rings is 1. The van der Waals surface area contributed by atoms with Crippen molar-refractivity contribution in [2.75, 3.05) is 20.3 Å². The van der Waals surface area contributed by atoms with Gasteiger partial charge in [-0.3, -0.25) is 0 Å². The second-order valence-corrected chi connectivity index (χ2v) is 5.01. The van der Waals surface area contributed by atoms with Crippen molar-refractivity contribution in [2.45, 2.75) is 6.54 Å². The molecule has 0 saturated carbocycles. The highest BCUT2D eigenvalue weighted by atomic mass is 35.5. The second kappa shape index (κ2) is 6.96. The average molecular weight is 301 g/mol. The van der Waals surface area contributed by atoms with Crippen LogP contribution in [-0.2, 0) is 11.3 Å². The largest absolute Gasteiger partial charge is 0.455 e. The number of furan rings is 1. The van der Waals surface area contributed by atoms with Crippen molar-refractivity contribution in [3.05, 3.63) is 46.1 Å². The minimum atomic E-state index is 0.633. The standard InChI is InChI=1S/C14H15Cl2NO2/c1-18-7-6-17-9-11-3-5-14(19-11)12-8-10(15)2-4-13(12)16/h2-5,8,17H,6-7,9H2,1H3/p+1. The monoisotopic (exact) mass is 300 g/mol. The maximum atomic E-state index is 6.14.